The van der Waals surface area contributed by atoms with E-state index in [1.165, 1.54) is 0 Å². The summed E-state index contributed by atoms with van der Waals surface area (Å²) < 4.78 is 5.81. The van der Waals surface area contributed by atoms with Crippen LogP contribution >= 0.6 is 35.6 Å². The molecule has 1 atom stereocenters. The highest BCUT2D eigenvalue weighted by Crippen LogP contribution is 2.25. The summed E-state index contributed by atoms with van der Waals surface area (Å²) in [6.45, 7) is 5.16. The second-order valence-electron chi connectivity index (χ2n) is 6.98. The molecule has 2 aromatic heterocycles. The van der Waals surface area contributed by atoms with Crippen molar-refractivity contribution in [3.8, 4) is 5.88 Å². The number of anilines is 1. The number of nitrogens with zero attached hydrogens (tertiary/aromatic N) is 4. The highest BCUT2D eigenvalue weighted by atomic mass is 127. The highest BCUT2D eigenvalue weighted by molar-refractivity contribution is 14.0. The van der Waals surface area contributed by atoms with Crippen LogP contribution in [0.2, 0.25) is 5.02 Å². The first-order valence-electron chi connectivity index (χ1n) is 10.1. The second kappa shape index (κ2) is 12.8. The number of rotatable bonds is 8. The lowest BCUT2D eigenvalue weighted by Crippen LogP contribution is -2.44. The third-order valence-corrected chi connectivity index (χ3v) is 5.12. The third kappa shape index (κ3) is 6.87. The highest BCUT2D eigenvalue weighted by Gasteiger charge is 2.25. The molecule has 0 bridgehead atoms. The van der Waals surface area contributed by atoms with Crippen molar-refractivity contribution in [3.05, 3.63) is 47.2 Å². The molecule has 0 aliphatic carbocycles. The maximum Gasteiger partial charge on any atom is 0.218 e. The predicted molar refractivity (Wildman–Crippen MR) is 133 cm³/mol. The fraction of sp³-hybridized carbons (Fsp3) is 0.476. The molecule has 3 heterocycles. The van der Waals surface area contributed by atoms with Gasteiger partial charge in [-0.25, -0.2) is 9.97 Å². The van der Waals surface area contributed by atoms with E-state index in [2.05, 4.69) is 37.4 Å². The average molecular weight is 545 g/mol. The van der Waals surface area contributed by atoms with E-state index < -0.39 is 0 Å². The van der Waals surface area contributed by atoms with Crippen molar-refractivity contribution in [2.75, 3.05) is 31.6 Å². The number of aliphatic imine (C=N–C) groups is 1. The summed E-state index contributed by atoms with van der Waals surface area (Å²) in [5.41, 5.74) is 1.01. The minimum atomic E-state index is 0. The molecule has 164 valence electrons. The SMILES string of the molecule is CCCCOc1ncccc1CNC(=NC)NC1CCN(c2ncccc2Cl)C1.I. The molecule has 1 saturated heterocycles. The normalized spacial score (nSPS) is 16.2. The minimum Gasteiger partial charge on any atom is -0.477 e. The van der Waals surface area contributed by atoms with Gasteiger partial charge in [0.15, 0.2) is 5.96 Å². The molecule has 7 nitrogen and oxygen atoms in total. The zero-order valence-electron chi connectivity index (χ0n) is 17.5. The number of nitrogens with one attached hydrogen (secondary N) is 2. The maximum absolute atomic E-state index is 6.28. The Kier molecular flexibility index (Phi) is 10.4. The second-order valence-corrected chi connectivity index (χ2v) is 7.39. The van der Waals surface area contributed by atoms with Gasteiger partial charge in [0, 0.05) is 50.7 Å². The van der Waals surface area contributed by atoms with E-state index in [0.29, 0.717) is 24.1 Å². The van der Waals surface area contributed by atoms with Crippen LogP contribution in [0.15, 0.2) is 41.7 Å². The summed E-state index contributed by atoms with van der Waals surface area (Å²) in [7, 11) is 1.78. The number of aromatic nitrogens is 2. The zero-order chi connectivity index (χ0) is 20.5. The van der Waals surface area contributed by atoms with Gasteiger partial charge in [0.25, 0.3) is 0 Å². The van der Waals surface area contributed by atoms with Gasteiger partial charge in [-0.3, -0.25) is 4.99 Å². The number of unbranched alkanes of at least 4 members (excludes halogenated alkanes) is 1. The number of ether oxygens (including phenoxy) is 1. The lowest BCUT2D eigenvalue weighted by Gasteiger charge is -2.20. The molecule has 3 rings (SSSR count). The number of guanidine groups is 1. The van der Waals surface area contributed by atoms with E-state index in [-0.39, 0.29) is 30.0 Å². The van der Waals surface area contributed by atoms with Crippen molar-refractivity contribution >= 4 is 47.4 Å². The van der Waals surface area contributed by atoms with Gasteiger partial charge in [-0.1, -0.05) is 31.0 Å². The minimum absolute atomic E-state index is 0. The molecule has 1 unspecified atom stereocenters. The molecule has 0 spiro atoms. The fourth-order valence-electron chi connectivity index (χ4n) is 3.25. The van der Waals surface area contributed by atoms with E-state index in [9.17, 15) is 0 Å². The maximum atomic E-state index is 6.28. The third-order valence-electron chi connectivity index (χ3n) is 4.82. The van der Waals surface area contributed by atoms with Gasteiger partial charge in [-0.2, -0.15) is 0 Å². The average Bonchev–Trinajstić information content (AvgIpc) is 3.20. The standard InChI is InChI=1S/C21H29ClN6O.HI/c1-3-4-13-29-20-16(7-5-11-25-20)14-26-21(23-2)27-17-9-12-28(15-17)19-18(22)8-6-10-24-19;/h5-8,10-11,17H,3-4,9,12-15H2,1-2H3,(H2,23,26,27);1H. The summed E-state index contributed by atoms with van der Waals surface area (Å²) in [6.07, 6.45) is 6.64. The van der Waals surface area contributed by atoms with Crippen LogP contribution in [0.5, 0.6) is 5.88 Å². The van der Waals surface area contributed by atoms with Crippen molar-refractivity contribution in [2.24, 2.45) is 4.99 Å². The van der Waals surface area contributed by atoms with Crippen molar-refractivity contribution in [1.82, 2.24) is 20.6 Å². The van der Waals surface area contributed by atoms with E-state index in [1.807, 2.05) is 24.3 Å². The Balaban J connectivity index is 0.00000320. The van der Waals surface area contributed by atoms with Crippen LogP contribution in [-0.4, -0.2) is 48.7 Å². The summed E-state index contributed by atoms with van der Waals surface area (Å²) >= 11 is 6.28. The molecular weight excluding hydrogens is 515 g/mol. The van der Waals surface area contributed by atoms with Gasteiger partial charge in [-0.05, 0) is 31.0 Å². The summed E-state index contributed by atoms with van der Waals surface area (Å²) in [5.74, 6) is 2.28. The van der Waals surface area contributed by atoms with Gasteiger partial charge >= 0.3 is 0 Å². The molecule has 0 aromatic carbocycles. The van der Waals surface area contributed by atoms with E-state index in [4.69, 9.17) is 16.3 Å². The first-order chi connectivity index (χ1) is 14.2. The zero-order valence-corrected chi connectivity index (χ0v) is 20.6. The molecule has 30 heavy (non-hydrogen) atoms. The number of hydrogen-bond donors (Lipinski definition) is 2. The van der Waals surface area contributed by atoms with E-state index in [0.717, 1.165) is 49.7 Å². The van der Waals surface area contributed by atoms with Crippen LogP contribution in [0.25, 0.3) is 0 Å². The van der Waals surface area contributed by atoms with Gasteiger partial charge in [0.05, 0.1) is 11.6 Å². The summed E-state index contributed by atoms with van der Waals surface area (Å²) in [5, 5.41) is 7.54. The van der Waals surface area contributed by atoms with Crippen LogP contribution in [-0.2, 0) is 6.54 Å². The Morgan fingerprint density at radius 2 is 2.10 bits per heavy atom. The molecule has 2 aromatic rings. The first kappa shape index (κ1) is 24.5. The summed E-state index contributed by atoms with van der Waals surface area (Å²) in [6, 6.07) is 7.94. The topological polar surface area (TPSA) is 74.7 Å². The number of hydrogen-bond acceptors (Lipinski definition) is 5. The van der Waals surface area contributed by atoms with Gasteiger partial charge in [0.2, 0.25) is 5.88 Å². The molecule has 1 aliphatic heterocycles. The molecule has 1 aliphatic rings. The number of halogens is 2. The molecule has 9 heteroatoms. The number of pyridine rings is 2. The smallest absolute Gasteiger partial charge is 0.218 e. The van der Waals surface area contributed by atoms with Crippen molar-refractivity contribution in [3.63, 3.8) is 0 Å². The van der Waals surface area contributed by atoms with Gasteiger partial charge in [0.1, 0.15) is 5.82 Å². The Morgan fingerprint density at radius 1 is 1.30 bits per heavy atom. The first-order valence-corrected chi connectivity index (χ1v) is 10.5. The quantitative estimate of drug-likeness (QED) is 0.227. The molecular formula is C21H30ClIN6O. The Hall–Kier alpha value is -1.81. The van der Waals surface area contributed by atoms with Gasteiger partial charge < -0.3 is 20.3 Å². The molecule has 0 radical (unpaired) electrons. The lowest BCUT2D eigenvalue weighted by molar-refractivity contribution is 0.294. The fourth-order valence-corrected chi connectivity index (χ4v) is 3.49. The molecule has 2 N–H and O–H groups in total. The molecule has 1 fully saturated rings. The molecule has 0 saturated carbocycles. The Morgan fingerprint density at radius 3 is 2.87 bits per heavy atom. The van der Waals surface area contributed by atoms with Crippen LogP contribution in [0.3, 0.4) is 0 Å². The van der Waals surface area contributed by atoms with Crippen LogP contribution in [0, 0.1) is 0 Å². The van der Waals surface area contributed by atoms with Crippen molar-refractivity contribution in [2.45, 2.75) is 38.8 Å². The lowest BCUT2D eigenvalue weighted by atomic mass is 10.2. The van der Waals surface area contributed by atoms with Crippen LogP contribution in [0.4, 0.5) is 5.82 Å². The van der Waals surface area contributed by atoms with Crippen molar-refractivity contribution in [1.29, 1.82) is 0 Å². The van der Waals surface area contributed by atoms with E-state index >= 15 is 0 Å². The van der Waals surface area contributed by atoms with Gasteiger partial charge in [-0.15, -0.1) is 24.0 Å². The monoisotopic (exact) mass is 544 g/mol. The summed E-state index contributed by atoms with van der Waals surface area (Å²) in [4.78, 5) is 15.3. The van der Waals surface area contributed by atoms with E-state index in [1.54, 1.807) is 19.4 Å². The predicted octanol–water partition coefficient (Wildman–Crippen LogP) is 3.87. The molecule has 0 amide bonds. The Labute approximate surface area is 200 Å². The van der Waals surface area contributed by atoms with Crippen LogP contribution < -0.4 is 20.3 Å². The van der Waals surface area contributed by atoms with Crippen molar-refractivity contribution < 1.29 is 4.74 Å². The Bertz CT molecular complexity index is 822. The van der Waals surface area contributed by atoms with Crippen LogP contribution in [0.1, 0.15) is 31.7 Å². The largest absolute Gasteiger partial charge is 0.477 e.